The van der Waals surface area contributed by atoms with E-state index < -0.39 is 13.0 Å². The summed E-state index contributed by atoms with van der Waals surface area (Å²) in [5, 5.41) is 2.62. The molecule has 4 rings (SSSR count). The summed E-state index contributed by atoms with van der Waals surface area (Å²) in [6.45, 7) is -0.389. The van der Waals surface area contributed by atoms with E-state index in [0.29, 0.717) is 29.3 Å². The van der Waals surface area contributed by atoms with Crippen LogP contribution in [-0.4, -0.2) is 35.8 Å². The zero-order valence-electron chi connectivity index (χ0n) is 18.4. The molecule has 8 heteroatoms. The van der Waals surface area contributed by atoms with Crippen LogP contribution in [0.15, 0.2) is 42.1 Å². The van der Waals surface area contributed by atoms with Gasteiger partial charge in [0.2, 0.25) is 5.91 Å². The number of nitrogens with zero attached hydrogens (tertiary/aromatic N) is 2. The number of amides is 1. The Hall–Kier alpha value is -3.47. The van der Waals surface area contributed by atoms with Crippen molar-refractivity contribution in [3.63, 3.8) is 0 Å². The monoisotopic (exact) mass is 436 g/mol. The number of halogens is 2. The summed E-state index contributed by atoms with van der Waals surface area (Å²) in [5.74, 6) is 2.85. The van der Waals surface area contributed by atoms with E-state index in [1.54, 1.807) is 38.3 Å². The van der Waals surface area contributed by atoms with Crippen LogP contribution in [0.25, 0.3) is 6.08 Å². The first kappa shape index (κ1) is 21.8. The largest absolute Gasteiger partial charge is 0.529 e. The van der Waals surface area contributed by atoms with Gasteiger partial charge in [-0.3, -0.25) is 4.79 Å². The van der Waals surface area contributed by atoms with Crippen molar-refractivity contribution in [1.82, 2.24) is 14.6 Å². The van der Waals surface area contributed by atoms with Crippen LogP contribution in [0.2, 0.25) is 0 Å². The number of allylic oxidation sites excluding steroid dienone is 1. The second-order valence-corrected chi connectivity index (χ2v) is 8.07. The molecular formula is C24H25BF2N3O2-. The van der Waals surface area contributed by atoms with E-state index in [1.165, 1.54) is 4.81 Å². The number of benzene rings is 1. The smallest absolute Gasteiger partial charge is 0.497 e. The van der Waals surface area contributed by atoms with E-state index >= 15 is 8.63 Å². The number of aromatic nitrogens is 1. The maximum atomic E-state index is 16.0. The molecule has 0 fully saturated rings. The normalized spacial score (nSPS) is 17.9. The fraction of sp³-hybridized carbons (Fsp3) is 0.292. The molecule has 2 aliphatic heterocycles. The van der Waals surface area contributed by atoms with Crippen molar-refractivity contribution in [2.24, 2.45) is 0 Å². The molecule has 2 aliphatic rings. The van der Waals surface area contributed by atoms with Gasteiger partial charge in [-0.2, -0.15) is 0 Å². The Morgan fingerprint density at radius 1 is 1.28 bits per heavy atom. The van der Waals surface area contributed by atoms with Gasteiger partial charge >= 0.3 is 6.97 Å². The number of nitrogens with one attached hydrogen (secondary N) is 1. The van der Waals surface area contributed by atoms with E-state index in [-0.39, 0.29) is 18.9 Å². The Bertz CT molecular complexity index is 1160. The van der Waals surface area contributed by atoms with E-state index in [9.17, 15) is 4.79 Å². The molecule has 5 nitrogen and oxygen atoms in total. The maximum absolute atomic E-state index is 16.0. The van der Waals surface area contributed by atoms with Gasteiger partial charge in [0.25, 0.3) is 0 Å². The predicted octanol–water partition coefficient (Wildman–Crippen LogP) is 3.99. The number of hydrogen-bond acceptors (Lipinski definition) is 3. The summed E-state index contributed by atoms with van der Waals surface area (Å²) in [7, 11) is 1.57. The van der Waals surface area contributed by atoms with Gasteiger partial charge in [-0.05, 0) is 66.9 Å². The minimum Gasteiger partial charge on any atom is -0.497 e. The molecular weight excluding hydrogens is 411 g/mol. The molecule has 0 radical (unpaired) electrons. The summed E-state index contributed by atoms with van der Waals surface area (Å²) >= 11 is 0. The van der Waals surface area contributed by atoms with Gasteiger partial charge in [-0.1, -0.05) is 24.1 Å². The van der Waals surface area contributed by atoms with Crippen molar-refractivity contribution in [3.8, 4) is 18.1 Å². The lowest BCUT2D eigenvalue weighted by Crippen LogP contribution is -2.54. The van der Waals surface area contributed by atoms with E-state index in [4.69, 9.17) is 11.2 Å². The number of carbonyl (C=O) groups is 1. The number of ether oxygens (including phenoxy) is 1. The van der Waals surface area contributed by atoms with Crippen molar-refractivity contribution < 1.29 is 18.2 Å². The van der Waals surface area contributed by atoms with Crippen molar-refractivity contribution in [3.05, 3.63) is 70.2 Å². The fourth-order valence-electron chi connectivity index (χ4n) is 4.72. The zero-order valence-corrected chi connectivity index (χ0v) is 18.4. The summed E-state index contributed by atoms with van der Waals surface area (Å²) < 4.78 is 38.3. The lowest BCUT2D eigenvalue weighted by atomic mass is 9.86. The summed E-state index contributed by atoms with van der Waals surface area (Å²) in [5.41, 5.74) is 3.80. The van der Waals surface area contributed by atoms with E-state index in [2.05, 4.69) is 11.2 Å². The Morgan fingerprint density at radius 2 is 2.00 bits per heavy atom. The number of rotatable bonds is 6. The minimum absolute atomic E-state index is 0.157. The van der Waals surface area contributed by atoms with Crippen LogP contribution >= 0.6 is 0 Å². The maximum Gasteiger partial charge on any atom is 0.529 e. The van der Waals surface area contributed by atoms with Crippen LogP contribution in [0.4, 0.5) is 8.63 Å². The van der Waals surface area contributed by atoms with E-state index in [1.807, 2.05) is 25.1 Å². The minimum atomic E-state index is -4.09. The molecule has 0 spiro atoms. The van der Waals surface area contributed by atoms with Gasteiger partial charge in [-0.25, -0.2) is 0 Å². The van der Waals surface area contributed by atoms with Crippen molar-refractivity contribution in [2.75, 3.05) is 13.7 Å². The highest BCUT2D eigenvalue weighted by molar-refractivity contribution is 6.63. The molecule has 0 saturated carbocycles. The Balaban J connectivity index is 1.67. The van der Waals surface area contributed by atoms with Crippen LogP contribution in [0.5, 0.6) is 5.75 Å². The van der Waals surface area contributed by atoms with Gasteiger partial charge in [0.05, 0.1) is 13.7 Å². The first-order chi connectivity index (χ1) is 15.3. The number of carbonyl (C=O) groups excluding carboxylic acids is 1. The molecule has 2 aromatic rings. The molecule has 3 heterocycles. The highest BCUT2D eigenvalue weighted by Gasteiger charge is 2.46. The van der Waals surface area contributed by atoms with Crippen molar-refractivity contribution in [1.29, 1.82) is 0 Å². The molecule has 1 aromatic carbocycles. The third kappa shape index (κ3) is 3.48. The van der Waals surface area contributed by atoms with Gasteiger partial charge in [-0.15, -0.1) is 6.42 Å². The van der Waals surface area contributed by atoms with Crippen molar-refractivity contribution >= 4 is 19.0 Å². The summed E-state index contributed by atoms with van der Waals surface area (Å²) in [6.07, 6.45) is 11.1. The highest BCUT2D eigenvalue weighted by atomic mass is 19.2. The van der Waals surface area contributed by atoms with Crippen LogP contribution in [0, 0.1) is 26.2 Å². The Kier molecular flexibility index (Phi) is 5.60. The first-order valence-corrected chi connectivity index (χ1v) is 10.5. The standard InChI is InChI=1S/C24H25BF2N3O2/c1-5-14-28-24(31)13-11-21-16(2)23-15-19-8-12-22(18-6-9-20(32-4)10-7-18)30(19)25(26,27)29(23)17(21)3/h1,6-10,12,15,22H,11,13-14H2,2-4H3,(H,28,31)/q-1. The third-order valence-electron chi connectivity index (χ3n) is 6.32. The molecule has 0 saturated heterocycles. The average molecular weight is 436 g/mol. The third-order valence-corrected chi connectivity index (χ3v) is 6.32. The fourth-order valence-corrected chi connectivity index (χ4v) is 4.72. The molecule has 1 aromatic heterocycles. The lowest BCUT2D eigenvalue weighted by molar-refractivity contribution is -0.120. The quantitative estimate of drug-likeness (QED) is 0.551. The molecule has 1 amide bonds. The SMILES string of the molecule is C#CCNC(=O)CCc1c(C)c2n(c1C)[B-](F)(F)N1C(=C2)C=CC1c1ccc(OC)cc1. The van der Waals surface area contributed by atoms with Gasteiger partial charge < -0.3 is 28.0 Å². The molecule has 0 bridgehead atoms. The highest BCUT2D eigenvalue weighted by Crippen LogP contribution is 2.45. The number of methoxy groups -OCH3 is 1. The van der Waals surface area contributed by atoms with Crippen LogP contribution in [0.3, 0.4) is 0 Å². The second-order valence-electron chi connectivity index (χ2n) is 8.07. The van der Waals surface area contributed by atoms with Crippen LogP contribution in [-0.2, 0) is 11.2 Å². The topological polar surface area (TPSA) is 46.5 Å². The van der Waals surface area contributed by atoms with Crippen LogP contribution < -0.4 is 10.1 Å². The Labute approximate surface area is 186 Å². The lowest BCUT2D eigenvalue weighted by Gasteiger charge is -2.48. The molecule has 0 aliphatic carbocycles. The molecule has 166 valence electrons. The molecule has 1 N–H and O–H groups in total. The molecule has 1 unspecified atom stereocenters. The van der Waals surface area contributed by atoms with E-state index in [0.717, 1.165) is 21.2 Å². The van der Waals surface area contributed by atoms with Gasteiger partial charge in [0, 0.05) is 23.9 Å². The van der Waals surface area contributed by atoms with Crippen LogP contribution in [0.1, 0.15) is 40.5 Å². The summed E-state index contributed by atoms with van der Waals surface area (Å²) in [6, 6.07) is 6.61. The Morgan fingerprint density at radius 3 is 2.66 bits per heavy atom. The number of terminal acetylenes is 1. The average Bonchev–Trinajstić information content (AvgIpc) is 3.31. The summed E-state index contributed by atoms with van der Waals surface area (Å²) in [4.78, 5) is 13.2. The van der Waals surface area contributed by atoms with Gasteiger partial charge in [0.15, 0.2) is 0 Å². The first-order valence-electron chi connectivity index (χ1n) is 10.5. The molecule has 1 atom stereocenters. The van der Waals surface area contributed by atoms with Gasteiger partial charge in [0.1, 0.15) is 5.75 Å². The predicted molar refractivity (Wildman–Crippen MR) is 122 cm³/mol. The molecule has 32 heavy (non-hydrogen) atoms. The van der Waals surface area contributed by atoms with Crippen molar-refractivity contribution in [2.45, 2.75) is 32.7 Å². The number of hydrogen-bond donors (Lipinski definition) is 1. The second kappa shape index (κ2) is 8.23. The number of fused-ring (bicyclic) bond motifs is 2. The zero-order chi connectivity index (χ0) is 23.0.